The molecular formula is C10H11N5OS. The number of aromatic nitrogens is 2. The van der Waals surface area contributed by atoms with Gasteiger partial charge in [0.05, 0.1) is 17.7 Å². The van der Waals surface area contributed by atoms with Crippen LogP contribution in [-0.2, 0) is 6.54 Å². The monoisotopic (exact) mass is 249 g/mol. The maximum absolute atomic E-state index is 11.7. The zero-order valence-corrected chi connectivity index (χ0v) is 9.70. The van der Waals surface area contributed by atoms with Gasteiger partial charge in [0.25, 0.3) is 5.91 Å². The number of nitrogens with zero attached hydrogens (tertiary/aromatic N) is 2. The van der Waals surface area contributed by atoms with Crippen molar-refractivity contribution in [2.75, 3.05) is 5.43 Å². The summed E-state index contributed by atoms with van der Waals surface area (Å²) in [6, 6.07) is 5.01. The number of nitrogen functional groups attached to an aromatic ring is 1. The Bertz CT molecular complexity index is 499. The van der Waals surface area contributed by atoms with Gasteiger partial charge in [-0.3, -0.25) is 4.79 Å². The molecule has 0 aromatic carbocycles. The van der Waals surface area contributed by atoms with Crippen LogP contribution in [0.2, 0.25) is 0 Å². The highest BCUT2D eigenvalue weighted by atomic mass is 32.1. The predicted molar refractivity (Wildman–Crippen MR) is 65.3 cm³/mol. The van der Waals surface area contributed by atoms with Gasteiger partial charge < -0.3 is 10.7 Å². The van der Waals surface area contributed by atoms with Crippen molar-refractivity contribution in [1.29, 1.82) is 0 Å². The van der Waals surface area contributed by atoms with Crippen molar-refractivity contribution in [3.05, 3.63) is 40.5 Å². The number of hydrogen-bond acceptors (Lipinski definition) is 6. The van der Waals surface area contributed by atoms with Gasteiger partial charge in [0.2, 0.25) is 0 Å². The average Bonchev–Trinajstić information content (AvgIpc) is 2.89. The van der Waals surface area contributed by atoms with Crippen molar-refractivity contribution in [1.82, 2.24) is 15.3 Å². The molecule has 88 valence electrons. The molecule has 2 rings (SSSR count). The topological polar surface area (TPSA) is 92.9 Å². The number of pyridine rings is 1. The van der Waals surface area contributed by atoms with Gasteiger partial charge in [-0.25, -0.2) is 15.8 Å². The summed E-state index contributed by atoms with van der Waals surface area (Å²) in [4.78, 5) is 19.8. The van der Waals surface area contributed by atoms with Crippen LogP contribution in [0.5, 0.6) is 0 Å². The van der Waals surface area contributed by atoms with E-state index in [9.17, 15) is 4.79 Å². The fourth-order valence-electron chi connectivity index (χ4n) is 1.23. The van der Waals surface area contributed by atoms with E-state index in [-0.39, 0.29) is 5.91 Å². The van der Waals surface area contributed by atoms with Crippen molar-refractivity contribution < 1.29 is 4.79 Å². The van der Waals surface area contributed by atoms with Crippen molar-refractivity contribution in [2.24, 2.45) is 5.84 Å². The highest BCUT2D eigenvalue weighted by Crippen LogP contribution is 2.04. The number of hydrogen-bond donors (Lipinski definition) is 3. The summed E-state index contributed by atoms with van der Waals surface area (Å²) in [7, 11) is 0. The van der Waals surface area contributed by atoms with E-state index in [4.69, 9.17) is 5.84 Å². The van der Waals surface area contributed by atoms with Crippen molar-refractivity contribution in [3.63, 3.8) is 0 Å². The lowest BCUT2D eigenvalue weighted by atomic mass is 10.3. The van der Waals surface area contributed by atoms with E-state index < -0.39 is 0 Å². The first-order valence-electron chi connectivity index (χ1n) is 4.88. The molecule has 2 aromatic heterocycles. The van der Waals surface area contributed by atoms with E-state index in [0.29, 0.717) is 18.1 Å². The van der Waals surface area contributed by atoms with E-state index in [2.05, 4.69) is 20.7 Å². The Hall–Kier alpha value is -1.99. The number of thiazole rings is 1. The summed E-state index contributed by atoms with van der Waals surface area (Å²) >= 11 is 1.49. The van der Waals surface area contributed by atoms with E-state index in [1.165, 1.54) is 11.3 Å². The molecule has 0 unspecified atom stereocenters. The molecule has 0 spiro atoms. The van der Waals surface area contributed by atoms with Gasteiger partial charge in [-0.05, 0) is 12.1 Å². The Labute approximate surface area is 102 Å². The minimum Gasteiger partial charge on any atom is -0.345 e. The lowest BCUT2D eigenvalue weighted by Gasteiger charge is -2.04. The molecule has 0 bridgehead atoms. The van der Waals surface area contributed by atoms with Crippen LogP contribution in [0.15, 0.2) is 29.1 Å². The molecule has 0 saturated carbocycles. The Morgan fingerprint density at radius 2 is 2.35 bits per heavy atom. The maximum atomic E-state index is 11.7. The zero-order chi connectivity index (χ0) is 12.1. The Balaban J connectivity index is 1.99. The van der Waals surface area contributed by atoms with Crippen LogP contribution in [0.4, 0.5) is 5.82 Å². The minimum atomic E-state index is -0.255. The third-order valence-corrected chi connectivity index (χ3v) is 2.68. The van der Waals surface area contributed by atoms with Crippen LogP contribution >= 0.6 is 11.3 Å². The number of nitrogens with one attached hydrogen (secondary N) is 2. The lowest BCUT2D eigenvalue weighted by molar-refractivity contribution is 0.0945. The predicted octanol–water partition coefficient (Wildman–Crippen LogP) is 0.754. The molecule has 0 atom stereocenters. The highest BCUT2D eigenvalue weighted by Gasteiger charge is 2.07. The van der Waals surface area contributed by atoms with Gasteiger partial charge in [-0.2, -0.15) is 0 Å². The molecule has 17 heavy (non-hydrogen) atoms. The van der Waals surface area contributed by atoms with Gasteiger partial charge in [-0.1, -0.05) is 6.07 Å². The van der Waals surface area contributed by atoms with Gasteiger partial charge in [0.1, 0.15) is 11.5 Å². The Morgan fingerprint density at radius 3 is 3.06 bits per heavy atom. The molecule has 0 aliphatic carbocycles. The molecule has 0 aliphatic rings. The second-order valence-electron chi connectivity index (χ2n) is 3.21. The van der Waals surface area contributed by atoms with Crippen LogP contribution in [0.3, 0.4) is 0 Å². The number of anilines is 1. The number of carbonyl (C=O) groups excluding carboxylic acids is 1. The second kappa shape index (κ2) is 5.37. The van der Waals surface area contributed by atoms with Crippen molar-refractivity contribution in [2.45, 2.75) is 6.54 Å². The number of nitrogens with two attached hydrogens (primary N) is 1. The summed E-state index contributed by atoms with van der Waals surface area (Å²) in [6.45, 7) is 0.393. The largest absolute Gasteiger partial charge is 0.345 e. The van der Waals surface area contributed by atoms with Crippen molar-refractivity contribution >= 4 is 23.1 Å². The van der Waals surface area contributed by atoms with E-state index in [1.54, 1.807) is 23.7 Å². The molecule has 7 heteroatoms. The molecule has 1 amide bonds. The summed E-state index contributed by atoms with van der Waals surface area (Å²) in [5.74, 6) is 5.41. The lowest BCUT2D eigenvalue weighted by Crippen LogP contribution is -2.24. The molecule has 0 saturated heterocycles. The van der Waals surface area contributed by atoms with Gasteiger partial charge in [-0.15, -0.1) is 11.3 Å². The first-order valence-corrected chi connectivity index (χ1v) is 5.83. The fraction of sp³-hybridized carbons (Fsp3) is 0.100. The molecule has 0 aliphatic heterocycles. The molecule has 2 heterocycles. The summed E-state index contributed by atoms with van der Waals surface area (Å²) in [5.41, 5.74) is 5.26. The summed E-state index contributed by atoms with van der Waals surface area (Å²) < 4.78 is 0. The number of carbonyl (C=O) groups is 1. The molecule has 4 N–H and O–H groups in total. The van der Waals surface area contributed by atoms with Crippen LogP contribution in [0.25, 0.3) is 0 Å². The fourth-order valence-corrected chi connectivity index (χ4v) is 1.79. The third kappa shape index (κ3) is 2.99. The molecule has 6 nitrogen and oxygen atoms in total. The van der Waals surface area contributed by atoms with E-state index in [1.807, 2.05) is 5.38 Å². The second-order valence-corrected chi connectivity index (χ2v) is 3.93. The Kier molecular flexibility index (Phi) is 3.63. The van der Waals surface area contributed by atoms with Gasteiger partial charge >= 0.3 is 0 Å². The average molecular weight is 249 g/mol. The molecular weight excluding hydrogens is 238 g/mol. The standard InChI is InChI=1S/C10H11N5OS/c11-15-9-3-1-2-8(14-9)10(16)12-4-7-5-17-6-13-7/h1-3,5-6H,4,11H2,(H,12,16)(H,14,15). The van der Waals surface area contributed by atoms with Crippen LogP contribution in [0, 0.1) is 0 Å². The third-order valence-electron chi connectivity index (χ3n) is 2.04. The first kappa shape index (κ1) is 11.5. The maximum Gasteiger partial charge on any atom is 0.270 e. The van der Waals surface area contributed by atoms with Crippen LogP contribution < -0.4 is 16.6 Å². The molecule has 2 aromatic rings. The molecule has 0 radical (unpaired) electrons. The van der Waals surface area contributed by atoms with E-state index in [0.717, 1.165) is 5.69 Å². The normalized spacial score (nSPS) is 9.94. The highest BCUT2D eigenvalue weighted by molar-refractivity contribution is 7.07. The quantitative estimate of drug-likeness (QED) is 0.549. The SMILES string of the molecule is NNc1cccc(C(=O)NCc2cscn2)n1. The summed E-state index contributed by atoms with van der Waals surface area (Å²) in [6.07, 6.45) is 0. The van der Waals surface area contributed by atoms with E-state index >= 15 is 0 Å². The smallest absolute Gasteiger partial charge is 0.270 e. The minimum absolute atomic E-state index is 0.255. The van der Waals surface area contributed by atoms with Crippen LogP contribution in [0.1, 0.15) is 16.2 Å². The van der Waals surface area contributed by atoms with Crippen molar-refractivity contribution in [3.8, 4) is 0 Å². The summed E-state index contributed by atoms with van der Waals surface area (Å²) in [5, 5.41) is 4.61. The first-order chi connectivity index (χ1) is 8.29. The van der Waals surface area contributed by atoms with Gasteiger partial charge in [0.15, 0.2) is 0 Å². The van der Waals surface area contributed by atoms with Gasteiger partial charge in [0, 0.05) is 5.38 Å². The molecule has 0 fully saturated rings. The zero-order valence-electron chi connectivity index (χ0n) is 8.88. The Morgan fingerprint density at radius 1 is 1.47 bits per heavy atom. The number of amides is 1. The number of hydrazine groups is 1. The number of rotatable bonds is 4. The van der Waals surface area contributed by atoms with Crippen LogP contribution in [-0.4, -0.2) is 15.9 Å².